The van der Waals surface area contributed by atoms with Gasteiger partial charge in [-0.2, -0.15) is 5.10 Å². The fourth-order valence-electron chi connectivity index (χ4n) is 3.21. The van der Waals surface area contributed by atoms with Gasteiger partial charge in [-0.25, -0.2) is 5.43 Å². The maximum atomic E-state index is 12.1. The Kier molecular flexibility index (Phi) is 7.18. The van der Waals surface area contributed by atoms with Gasteiger partial charge in [-0.3, -0.25) is 4.79 Å². The molecule has 0 atom stereocenters. The lowest BCUT2D eigenvalue weighted by Gasteiger charge is -2.10. The highest BCUT2D eigenvalue weighted by Gasteiger charge is 2.08. The molecule has 1 amide bonds. The van der Waals surface area contributed by atoms with E-state index in [4.69, 9.17) is 4.74 Å². The summed E-state index contributed by atoms with van der Waals surface area (Å²) in [4.78, 5) is 12.1. The predicted molar refractivity (Wildman–Crippen MR) is 130 cm³/mol. The molecule has 0 bridgehead atoms. The smallest absolute Gasteiger partial charge is 0.250 e. The molecule has 4 aromatic rings. The Balaban J connectivity index is 1.37. The molecule has 1 N–H and O–H groups in total. The average Bonchev–Trinajstić information content (AvgIpc) is 3.37. The molecule has 164 valence electrons. The molecule has 0 unspecified atom stereocenters. The van der Waals surface area contributed by atoms with Crippen LogP contribution in [0.15, 0.2) is 64.2 Å². The zero-order valence-electron chi connectivity index (χ0n) is 17.8. The molecule has 0 aliphatic rings. The summed E-state index contributed by atoms with van der Waals surface area (Å²) in [6.07, 6.45) is 3.71. The minimum absolute atomic E-state index is 0.186. The van der Waals surface area contributed by atoms with Crippen LogP contribution < -0.4 is 10.2 Å². The third kappa shape index (κ3) is 5.54. The summed E-state index contributed by atoms with van der Waals surface area (Å²) >= 11 is 2.82. The number of benzene rings is 2. The van der Waals surface area contributed by atoms with E-state index in [2.05, 4.69) is 31.4 Å². The second-order valence-electron chi connectivity index (χ2n) is 7.08. The van der Waals surface area contributed by atoms with Crippen LogP contribution in [0.3, 0.4) is 0 Å². The monoisotopic (exact) mass is 465 g/mol. The van der Waals surface area contributed by atoms with Crippen molar-refractivity contribution in [1.29, 1.82) is 0 Å². The standard InChI is InChI=1S/C23H23N5O2S2/c1-16-7-3-6-10-21(16)30-12-11-28-14-18(19-8-4-5-9-20(19)28)13-24-26-22(29)15-31-23-27-25-17(2)32-23/h3-10,13-14H,11-12,15H2,1-2H3,(H,26,29)/b24-13+. The number of hydrogen-bond acceptors (Lipinski definition) is 7. The SMILES string of the molecule is Cc1nnc(SCC(=O)N/N=C/c2cn(CCOc3ccccc3C)c3ccccc23)s1. The van der Waals surface area contributed by atoms with E-state index < -0.39 is 0 Å². The molecule has 0 radical (unpaired) electrons. The molecule has 0 spiro atoms. The molecular weight excluding hydrogens is 442 g/mol. The van der Waals surface area contributed by atoms with Crippen molar-refractivity contribution < 1.29 is 9.53 Å². The van der Waals surface area contributed by atoms with Crippen LogP contribution >= 0.6 is 23.1 Å². The molecule has 7 nitrogen and oxygen atoms in total. The minimum Gasteiger partial charge on any atom is -0.491 e. The summed E-state index contributed by atoms with van der Waals surface area (Å²) in [7, 11) is 0. The third-order valence-electron chi connectivity index (χ3n) is 4.73. The minimum atomic E-state index is -0.186. The number of para-hydroxylation sites is 2. The van der Waals surface area contributed by atoms with E-state index in [1.54, 1.807) is 6.21 Å². The first kappa shape index (κ1) is 22.0. The van der Waals surface area contributed by atoms with Gasteiger partial charge in [0.05, 0.1) is 18.5 Å². The van der Waals surface area contributed by atoms with Gasteiger partial charge < -0.3 is 9.30 Å². The molecule has 0 fully saturated rings. The number of aryl methyl sites for hydroxylation is 2. The second-order valence-corrected chi connectivity index (χ2v) is 9.48. The highest BCUT2D eigenvalue weighted by atomic mass is 32.2. The van der Waals surface area contributed by atoms with Crippen molar-refractivity contribution in [3.63, 3.8) is 0 Å². The quantitative estimate of drug-likeness (QED) is 0.225. The Bertz CT molecular complexity index is 1250. The predicted octanol–water partition coefficient (Wildman–Crippen LogP) is 4.43. The first-order valence-electron chi connectivity index (χ1n) is 10.1. The number of hydrogen-bond donors (Lipinski definition) is 1. The van der Waals surface area contributed by atoms with Crippen molar-refractivity contribution in [2.45, 2.75) is 24.7 Å². The lowest BCUT2D eigenvalue weighted by Crippen LogP contribution is -2.19. The molecule has 2 heterocycles. The van der Waals surface area contributed by atoms with Gasteiger partial charge in [-0.05, 0) is 31.5 Å². The summed E-state index contributed by atoms with van der Waals surface area (Å²) in [5.41, 5.74) is 5.73. The maximum absolute atomic E-state index is 12.1. The van der Waals surface area contributed by atoms with E-state index in [1.165, 1.54) is 23.1 Å². The van der Waals surface area contributed by atoms with E-state index in [1.807, 2.05) is 62.5 Å². The molecule has 0 saturated heterocycles. The summed E-state index contributed by atoms with van der Waals surface area (Å²) in [5.74, 6) is 0.953. The summed E-state index contributed by atoms with van der Waals surface area (Å²) in [6, 6.07) is 16.1. The van der Waals surface area contributed by atoms with E-state index in [9.17, 15) is 4.79 Å². The molecule has 9 heteroatoms. The first-order chi connectivity index (χ1) is 15.6. The fourth-order valence-corrected chi connectivity index (χ4v) is 4.81. The number of carbonyl (C=O) groups excluding carboxylic acids is 1. The van der Waals surface area contributed by atoms with Crippen LogP contribution in [0.25, 0.3) is 10.9 Å². The lowest BCUT2D eigenvalue weighted by molar-refractivity contribution is -0.118. The summed E-state index contributed by atoms with van der Waals surface area (Å²) in [6.45, 7) is 5.18. The Hall–Kier alpha value is -3.17. The Morgan fingerprint density at radius 3 is 2.81 bits per heavy atom. The number of fused-ring (bicyclic) bond motifs is 1. The van der Waals surface area contributed by atoms with Crippen LogP contribution in [0.5, 0.6) is 5.75 Å². The molecule has 0 saturated carbocycles. The van der Waals surface area contributed by atoms with Gasteiger partial charge in [-0.1, -0.05) is 59.5 Å². The van der Waals surface area contributed by atoms with Gasteiger partial charge in [0, 0.05) is 22.7 Å². The van der Waals surface area contributed by atoms with E-state index >= 15 is 0 Å². The number of rotatable bonds is 9. The van der Waals surface area contributed by atoms with Crippen molar-refractivity contribution in [1.82, 2.24) is 20.2 Å². The zero-order chi connectivity index (χ0) is 22.3. The molecule has 4 rings (SSSR count). The second kappa shape index (κ2) is 10.4. The highest BCUT2D eigenvalue weighted by molar-refractivity contribution is 8.01. The average molecular weight is 466 g/mol. The van der Waals surface area contributed by atoms with E-state index in [0.29, 0.717) is 13.2 Å². The van der Waals surface area contributed by atoms with E-state index in [0.717, 1.165) is 37.1 Å². The van der Waals surface area contributed by atoms with Crippen molar-refractivity contribution in [3.05, 3.63) is 70.9 Å². The highest BCUT2D eigenvalue weighted by Crippen LogP contribution is 2.22. The summed E-state index contributed by atoms with van der Waals surface area (Å²) < 4.78 is 8.87. The van der Waals surface area contributed by atoms with Crippen molar-refractivity contribution in [3.8, 4) is 5.75 Å². The van der Waals surface area contributed by atoms with Crippen LogP contribution in [-0.4, -0.2) is 39.2 Å². The van der Waals surface area contributed by atoms with E-state index in [-0.39, 0.29) is 11.7 Å². The largest absolute Gasteiger partial charge is 0.491 e. The third-order valence-corrected chi connectivity index (χ3v) is 6.70. The maximum Gasteiger partial charge on any atom is 0.250 e. The van der Waals surface area contributed by atoms with Crippen molar-refractivity contribution in [2.75, 3.05) is 12.4 Å². The van der Waals surface area contributed by atoms with Gasteiger partial charge in [0.1, 0.15) is 17.4 Å². The van der Waals surface area contributed by atoms with Crippen molar-refractivity contribution >= 4 is 46.1 Å². The number of amides is 1. The first-order valence-corrected chi connectivity index (χ1v) is 11.9. The topological polar surface area (TPSA) is 81.4 Å². The number of ether oxygens (including phenoxy) is 1. The van der Waals surface area contributed by atoms with Gasteiger partial charge in [0.25, 0.3) is 5.91 Å². The molecular formula is C23H23N5O2S2. The van der Waals surface area contributed by atoms with Crippen LogP contribution in [0.4, 0.5) is 0 Å². The van der Waals surface area contributed by atoms with Crippen LogP contribution in [-0.2, 0) is 11.3 Å². The molecule has 2 aromatic heterocycles. The molecule has 0 aliphatic heterocycles. The fraction of sp³-hybridized carbons (Fsp3) is 0.217. The molecule has 0 aliphatic carbocycles. The van der Waals surface area contributed by atoms with Gasteiger partial charge in [0.2, 0.25) is 0 Å². The van der Waals surface area contributed by atoms with Gasteiger partial charge in [0.15, 0.2) is 4.34 Å². The van der Waals surface area contributed by atoms with Crippen molar-refractivity contribution in [2.24, 2.45) is 5.10 Å². The Morgan fingerprint density at radius 1 is 1.19 bits per heavy atom. The normalized spacial score (nSPS) is 11.3. The van der Waals surface area contributed by atoms with Gasteiger partial charge in [-0.15, -0.1) is 10.2 Å². The number of nitrogens with zero attached hydrogens (tertiary/aromatic N) is 4. The lowest BCUT2D eigenvalue weighted by atomic mass is 10.2. The van der Waals surface area contributed by atoms with Crippen LogP contribution in [0.2, 0.25) is 0 Å². The number of thioether (sulfide) groups is 1. The number of nitrogens with one attached hydrogen (secondary N) is 1. The number of hydrazone groups is 1. The summed E-state index contributed by atoms with van der Waals surface area (Å²) in [5, 5.41) is 14.0. The number of aromatic nitrogens is 3. The Morgan fingerprint density at radius 2 is 2.00 bits per heavy atom. The zero-order valence-corrected chi connectivity index (χ0v) is 19.4. The van der Waals surface area contributed by atoms with Gasteiger partial charge >= 0.3 is 0 Å². The molecule has 32 heavy (non-hydrogen) atoms. The van der Waals surface area contributed by atoms with Crippen LogP contribution in [0.1, 0.15) is 16.1 Å². The molecule has 2 aromatic carbocycles. The Labute approximate surface area is 194 Å². The van der Waals surface area contributed by atoms with Crippen LogP contribution in [0, 0.1) is 13.8 Å². The number of carbonyl (C=O) groups is 1.